The Morgan fingerprint density at radius 3 is 2.76 bits per heavy atom. The molecule has 92 valence electrons. The molecule has 0 atom stereocenters. The molecule has 1 rings (SSSR count). The Bertz CT molecular complexity index is 427. The van der Waals surface area contributed by atoms with Crippen molar-refractivity contribution in [2.45, 2.75) is 27.2 Å². The van der Waals surface area contributed by atoms with Crippen molar-refractivity contribution in [2.24, 2.45) is 11.0 Å². The fourth-order valence-corrected chi connectivity index (χ4v) is 1.88. The van der Waals surface area contributed by atoms with E-state index in [1.807, 2.05) is 19.1 Å². The van der Waals surface area contributed by atoms with E-state index in [1.165, 1.54) is 0 Å². The number of nitrogens with one attached hydrogen (secondary N) is 1. The second-order valence-corrected chi connectivity index (χ2v) is 5.31. The van der Waals surface area contributed by atoms with E-state index in [0.717, 1.165) is 16.6 Å². The van der Waals surface area contributed by atoms with Crippen molar-refractivity contribution in [3.8, 4) is 0 Å². The minimum Gasteiger partial charge on any atom is -0.267 e. The molecule has 3 nitrogen and oxygen atoms in total. The molecule has 1 aromatic carbocycles. The van der Waals surface area contributed by atoms with Gasteiger partial charge in [-0.05, 0) is 37.5 Å². The van der Waals surface area contributed by atoms with Crippen LogP contribution < -0.4 is 5.43 Å². The molecule has 0 aromatic heterocycles. The van der Waals surface area contributed by atoms with E-state index in [2.05, 4.69) is 40.3 Å². The van der Waals surface area contributed by atoms with Crippen LogP contribution in [-0.4, -0.2) is 11.6 Å². The van der Waals surface area contributed by atoms with Gasteiger partial charge in [-0.3, -0.25) is 4.79 Å². The maximum absolute atomic E-state index is 11.7. The third kappa shape index (κ3) is 5.13. The zero-order valence-electron chi connectivity index (χ0n) is 10.3. The van der Waals surface area contributed by atoms with Gasteiger partial charge in [0.2, 0.25) is 0 Å². The smallest absolute Gasteiger partial charge is 0.267 e. The molecule has 0 heterocycles. The van der Waals surface area contributed by atoms with Crippen LogP contribution in [0.15, 0.2) is 33.8 Å². The van der Waals surface area contributed by atoms with Gasteiger partial charge in [0.25, 0.3) is 5.91 Å². The van der Waals surface area contributed by atoms with Crippen molar-refractivity contribution in [1.29, 1.82) is 0 Å². The summed E-state index contributed by atoms with van der Waals surface area (Å²) in [5, 5.41) is 4.07. The zero-order chi connectivity index (χ0) is 12.8. The van der Waals surface area contributed by atoms with Gasteiger partial charge in [0.05, 0.1) is 0 Å². The van der Waals surface area contributed by atoms with Gasteiger partial charge in [-0.15, -0.1) is 0 Å². The van der Waals surface area contributed by atoms with E-state index < -0.39 is 0 Å². The number of hydrazone groups is 1. The molecule has 0 aliphatic rings. The van der Waals surface area contributed by atoms with Crippen LogP contribution in [0.2, 0.25) is 0 Å². The first-order valence-electron chi connectivity index (χ1n) is 5.58. The van der Waals surface area contributed by atoms with Crippen LogP contribution in [0.3, 0.4) is 0 Å². The second-order valence-electron chi connectivity index (χ2n) is 4.40. The molecule has 0 bridgehead atoms. The van der Waals surface area contributed by atoms with E-state index in [0.29, 0.717) is 11.5 Å². The van der Waals surface area contributed by atoms with Crippen LogP contribution in [0.25, 0.3) is 0 Å². The van der Waals surface area contributed by atoms with Gasteiger partial charge in [-0.1, -0.05) is 35.8 Å². The van der Waals surface area contributed by atoms with Gasteiger partial charge in [-0.25, -0.2) is 5.43 Å². The predicted molar refractivity (Wildman–Crippen MR) is 74.2 cm³/mol. The van der Waals surface area contributed by atoms with E-state index in [1.54, 1.807) is 12.1 Å². The van der Waals surface area contributed by atoms with Crippen molar-refractivity contribution < 1.29 is 4.79 Å². The number of carbonyl (C=O) groups is 1. The Kier molecular flexibility index (Phi) is 5.35. The van der Waals surface area contributed by atoms with Crippen molar-refractivity contribution >= 4 is 27.5 Å². The fraction of sp³-hybridized carbons (Fsp3) is 0.385. The highest BCUT2D eigenvalue weighted by atomic mass is 79.9. The second kappa shape index (κ2) is 6.55. The summed E-state index contributed by atoms with van der Waals surface area (Å²) in [6.07, 6.45) is 0.888. The SMILES string of the molecule is CC(CC(C)C)=NNC(=O)c1cccc(Br)c1. The average Bonchev–Trinajstić information content (AvgIpc) is 2.25. The van der Waals surface area contributed by atoms with Gasteiger partial charge in [-0.2, -0.15) is 5.10 Å². The molecule has 0 radical (unpaired) electrons. The normalized spacial score (nSPS) is 11.7. The van der Waals surface area contributed by atoms with Crippen LogP contribution in [-0.2, 0) is 0 Å². The molecule has 0 saturated carbocycles. The first kappa shape index (κ1) is 13.9. The van der Waals surface area contributed by atoms with Crippen LogP contribution >= 0.6 is 15.9 Å². The largest absolute Gasteiger partial charge is 0.271 e. The van der Waals surface area contributed by atoms with Crippen molar-refractivity contribution in [3.05, 3.63) is 34.3 Å². The maximum atomic E-state index is 11.7. The molecule has 1 aromatic rings. The Labute approximate surface area is 110 Å². The highest BCUT2D eigenvalue weighted by molar-refractivity contribution is 9.10. The Morgan fingerprint density at radius 2 is 2.18 bits per heavy atom. The monoisotopic (exact) mass is 296 g/mol. The topological polar surface area (TPSA) is 41.5 Å². The summed E-state index contributed by atoms with van der Waals surface area (Å²) < 4.78 is 0.882. The number of hydrogen-bond donors (Lipinski definition) is 1. The highest BCUT2D eigenvalue weighted by Gasteiger charge is 2.04. The van der Waals surface area contributed by atoms with Gasteiger partial charge in [0.1, 0.15) is 0 Å². The van der Waals surface area contributed by atoms with Crippen LogP contribution in [0.1, 0.15) is 37.6 Å². The summed E-state index contributed by atoms with van der Waals surface area (Å²) in [5.41, 5.74) is 4.09. The van der Waals surface area contributed by atoms with Gasteiger partial charge < -0.3 is 0 Å². The molecular formula is C13H17BrN2O. The number of amides is 1. The number of benzene rings is 1. The zero-order valence-corrected chi connectivity index (χ0v) is 11.9. The fourth-order valence-electron chi connectivity index (χ4n) is 1.48. The summed E-state index contributed by atoms with van der Waals surface area (Å²) in [5.74, 6) is 0.357. The number of halogens is 1. The summed E-state index contributed by atoms with van der Waals surface area (Å²) in [6.45, 7) is 6.16. The molecular weight excluding hydrogens is 280 g/mol. The lowest BCUT2D eigenvalue weighted by molar-refractivity contribution is 0.0954. The summed E-state index contributed by atoms with van der Waals surface area (Å²) in [4.78, 5) is 11.7. The van der Waals surface area contributed by atoms with Crippen LogP contribution in [0, 0.1) is 5.92 Å². The Balaban J connectivity index is 2.61. The summed E-state index contributed by atoms with van der Waals surface area (Å²) >= 11 is 3.33. The summed E-state index contributed by atoms with van der Waals surface area (Å²) in [7, 11) is 0. The van der Waals surface area contributed by atoms with Crippen LogP contribution in [0.5, 0.6) is 0 Å². The van der Waals surface area contributed by atoms with E-state index in [-0.39, 0.29) is 5.91 Å². The van der Waals surface area contributed by atoms with Gasteiger partial charge in [0, 0.05) is 15.7 Å². The number of carbonyl (C=O) groups excluding carboxylic acids is 1. The molecule has 1 N–H and O–H groups in total. The molecule has 4 heteroatoms. The highest BCUT2D eigenvalue weighted by Crippen LogP contribution is 2.11. The molecule has 0 unspecified atom stereocenters. The lowest BCUT2D eigenvalue weighted by atomic mass is 10.1. The van der Waals surface area contributed by atoms with Crippen LogP contribution in [0.4, 0.5) is 0 Å². The maximum Gasteiger partial charge on any atom is 0.271 e. The molecule has 1 amide bonds. The number of nitrogens with zero attached hydrogens (tertiary/aromatic N) is 1. The van der Waals surface area contributed by atoms with Gasteiger partial charge in [0.15, 0.2) is 0 Å². The number of rotatable bonds is 4. The quantitative estimate of drug-likeness (QED) is 0.669. The Morgan fingerprint density at radius 1 is 1.47 bits per heavy atom. The molecule has 0 spiro atoms. The van der Waals surface area contributed by atoms with Gasteiger partial charge >= 0.3 is 0 Å². The lowest BCUT2D eigenvalue weighted by Gasteiger charge is -2.05. The van der Waals surface area contributed by atoms with E-state index >= 15 is 0 Å². The predicted octanol–water partition coefficient (Wildman–Crippen LogP) is 3.60. The first-order valence-corrected chi connectivity index (χ1v) is 6.37. The van der Waals surface area contributed by atoms with Crippen molar-refractivity contribution in [3.63, 3.8) is 0 Å². The van der Waals surface area contributed by atoms with E-state index in [4.69, 9.17) is 0 Å². The summed E-state index contributed by atoms with van der Waals surface area (Å²) in [6, 6.07) is 7.23. The molecule has 0 saturated heterocycles. The van der Waals surface area contributed by atoms with E-state index in [9.17, 15) is 4.79 Å². The standard InChI is InChI=1S/C13H17BrN2O/c1-9(2)7-10(3)15-16-13(17)11-5-4-6-12(14)8-11/h4-6,8-9H,7H2,1-3H3,(H,16,17). The Hall–Kier alpha value is -1.16. The van der Waals surface area contributed by atoms with Crippen molar-refractivity contribution in [2.75, 3.05) is 0 Å². The minimum absolute atomic E-state index is 0.186. The third-order valence-electron chi connectivity index (χ3n) is 2.14. The third-order valence-corrected chi connectivity index (χ3v) is 2.63. The molecule has 0 aliphatic heterocycles. The molecule has 0 fully saturated rings. The number of hydrogen-bond acceptors (Lipinski definition) is 2. The minimum atomic E-state index is -0.186. The molecule has 0 aliphatic carbocycles. The van der Waals surface area contributed by atoms with Crippen molar-refractivity contribution in [1.82, 2.24) is 5.43 Å². The lowest BCUT2D eigenvalue weighted by Crippen LogP contribution is -2.19. The molecule has 17 heavy (non-hydrogen) atoms. The average molecular weight is 297 g/mol. The first-order chi connectivity index (χ1) is 7.99.